The first kappa shape index (κ1) is 6.96. The van der Waals surface area contributed by atoms with Gasteiger partial charge in [-0.3, -0.25) is 0 Å². The van der Waals surface area contributed by atoms with E-state index in [1.165, 1.54) is 0 Å². The lowest BCUT2D eigenvalue weighted by molar-refractivity contribution is 0.419. The monoisotopic (exact) mass is 100 g/mol. The molecule has 7 heavy (non-hydrogen) atoms. The number of hydrogen-bond acceptors (Lipinski definition) is 1. The summed E-state index contributed by atoms with van der Waals surface area (Å²) in [6.07, 6.45) is 1.14. The second kappa shape index (κ2) is 4.13. The van der Waals surface area contributed by atoms with Crippen LogP contribution < -0.4 is 0 Å². The van der Waals surface area contributed by atoms with Crippen LogP contribution in [-0.2, 0) is 0 Å². The van der Waals surface area contributed by atoms with Crippen molar-refractivity contribution in [3.8, 4) is 0 Å². The van der Waals surface area contributed by atoms with E-state index in [1.807, 2.05) is 0 Å². The van der Waals surface area contributed by atoms with Gasteiger partial charge in [-0.25, -0.2) is 0 Å². The minimum absolute atomic E-state index is 1.12. The standard InChI is InChI=1S/C6H14N/c1-4-6-7(3)5-2/h6H,4-5H2,1-3H3. The van der Waals surface area contributed by atoms with E-state index in [2.05, 4.69) is 32.3 Å². The van der Waals surface area contributed by atoms with Gasteiger partial charge in [0.25, 0.3) is 0 Å². The minimum Gasteiger partial charge on any atom is -0.302 e. The third-order valence-corrected chi connectivity index (χ3v) is 0.993. The van der Waals surface area contributed by atoms with Crippen LogP contribution in [0, 0.1) is 6.54 Å². The van der Waals surface area contributed by atoms with E-state index in [9.17, 15) is 0 Å². The normalized spacial score (nSPS) is 10.3. The third-order valence-electron chi connectivity index (χ3n) is 0.993. The first-order chi connectivity index (χ1) is 3.31. The summed E-state index contributed by atoms with van der Waals surface area (Å²) in [5.41, 5.74) is 0. The molecule has 0 saturated heterocycles. The van der Waals surface area contributed by atoms with Crippen molar-refractivity contribution in [3.63, 3.8) is 0 Å². The molecule has 0 amide bonds. The van der Waals surface area contributed by atoms with E-state index in [0.29, 0.717) is 0 Å². The molecule has 0 aromatic heterocycles. The lowest BCUT2D eigenvalue weighted by atomic mass is 10.4. The van der Waals surface area contributed by atoms with Crippen LogP contribution >= 0.6 is 0 Å². The predicted octanol–water partition coefficient (Wildman–Crippen LogP) is 1.51. The van der Waals surface area contributed by atoms with Crippen molar-refractivity contribution < 1.29 is 0 Å². The van der Waals surface area contributed by atoms with E-state index >= 15 is 0 Å². The molecule has 0 bridgehead atoms. The highest BCUT2D eigenvalue weighted by Crippen LogP contribution is 1.89. The summed E-state index contributed by atoms with van der Waals surface area (Å²) < 4.78 is 0. The van der Waals surface area contributed by atoms with Gasteiger partial charge in [0.15, 0.2) is 0 Å². The van der Waals surface area contributed by atoms with Crippen LogP contribution in [0.15, 0.2) is 0 Å². The van der Waals surface area contributed by atoms with Crippen molar-refractivity contribution >= 4 is 0 Å². The fourth-order valence-corrected chi connectivity index (χ4v) is 0.441. The second-order valence-corrected chi connectivity index (χ2v) is 1.66. The Balaban J connectivity index is 2.83. The van der Waals surface area contributed by atoms with Gasteiger partial charge >= 0.3 is 0 Å². The van der Waals surface area contributed by atoms with Crippen LogP contribution in [0.5, 0.6) is 0 Å². The Morgan fingerprint density at radius 1 is 1.43 bits per heavy atom. The molecule has 0 saturated carbocycles. The van der Waals surface area contributed by atoms with E-state index in [4.69, 9.17) is 0 Å². The minimum atomic E-state index is 1.12. The molecule has 43 valence electrons. The fourth-order valence-electron chi connectivity index (χ4n) is 0.441. The summed E-state index contributed by atoms with van der Waals surface area (Å²) in [7, 11) is 2.09. The maximum atomic E-state index is 2.18. The molecule has 0 aliphatic heterocycles. The highest BCUT2D eigenvalue weighted by Gasteiger charge is 1.87. The van der Waals surface area contributed by atoms with Crippen LogP contribution in [-0.4, -0.2) is 18.5 Å². The van der Waals surface area contributed by atoms with Gasteiger partial charge in [0.1, 0.15) is 0 Å². The molecule has 0 spiro atoms. The van der Waals surface area contributed by atoms with Crippen LogP contribution in [0.3, 0.4) is 0 Å². The second-order valence-electron chi connectivity index (χ2n) is 1.66. The Kier molecular flexibility index (Phi) is 4.10. The zero-order valence-corrected chi connectivity index (χ0v) is 5.44. The fraction of sp³-hybridized carbons (Fsp3) is 0.833. The molecule has 0 unspecified atom stereocenters. The van der Waals surface area contributed by atoms with E-state index in [1.54, 1.807) is 0 Å². The van der Waals surface area contributed by atoms with Crippen LogP contribution in [0.2, 0.25) is 0 Å². The molecule has 0 rings (SSSR count). The molecule has 0 aromatic rings. The summed E-state index contributed by atoms with van der Waals surface area (Å²) in [5, 5.41) is 0. The zero-order chi connectivity index (χ0) is 5.70. The molecule has 0 aliphatic rings. The van der Waals surface area contributed by atoms with Gasteiger partial charge in [-0.05, 0) is 20.0 Å². The maximum Gasteiger partial charge on any atom is 0.0245 e. The Hall–Kier alpha value is -0.0400. The van der Waals surface area contributed by atoms with Gasteiger partial charge in [-0.15, -0.1) is 0 Å². The highest BCUT2D eigenvalue weighted by molar-refractivity contribution is 4.57. The van der Waals surface area contributed by atoms with Crippen LogP contribution in [0.4, 0.5) is 0 Å². The van der Waals surface area contributed by atoms with Gasteiger partial charge in [-0.1, -0.05) is 13.8 Å². The molecular weight excluding hydrogens is 86.1 g/mol. The largest absolute Gasteiger partial charge is 0.302 e. The van der Waals surface area contributed by atoms with Crippen molar-refractivity contribution in [1.82, 2.24) is 4.90 Å². The molecule has 0 fully saturated rings. The summed E-state index contributed by atoms with van der Waals surface area (Å²) >= 11 is 0. The van der Waals surface area contributed by atoms with Gasteiger partial charge < -0.3 is 4.90 Å². The summed E-state index contributed by atoms with van der Waals surface area (Å²) in [6.45, 7) is 7.59. The Bertz CT molecular complexity index is 35.2. The van der Waals surface area contributed by atoms with Crippen molar-refractivity contribution in [2.24, 2.45) is 0 Å². The molecule has 0 aromatic carbocycles. The molecule has 1 radical (unpaired) electrons. The molecule has 1 heteroatoms. The number of rotatable bonds is 3. The van der Waals surface area contributed by atoms with E-state index < -0.39 is 0 Å². The molecule has 0 N–H and O–H groups in total. The third kappa shape index (κ3) is 3.80. The average Bonchev–Trinajstić information content (AvgIpc) is 1.68. The highest BCUT2D eigenvalue weighted by atomic mass is 15.1. The SMILES string of the molecule is CC[CH]N(C)CC. The predicted molar refractivity (Wildman–Crippen MR) is 32.9 cm³/mol. The van der Waals surface area contributed by atoms with E-state index in [-0.39, 0.29) is 0 Å². The first-order valence-electron chi connectivity index (χ1n) is 2.84. The van der Waals surface area contributed by atoms with Gasteiger partial charge in [0.05, 0.1) is 0 Å². The molecule has 0 heterocycles. The zero-order valence-electron chi connectivity index (χ0n) is 5.44. The average molecular weight is 100 g/mol. The van der Waals surface area contributed by atoms with Gasteiger partial charge in [-0.2, -0.15) is 0 Å². The van der Waals surface area contributed by atoms with E-state index in [0.717, 1.165) is 13.0 Å². The Morgan fingerprint density at radius 3 is 2.14 bits per heavy atom. The smallest absolute Gasteiger partial charge is 0.0245 e. The summed E-state index contributed by atoms with van der Waals surface area (Å²) in [6, 6.07) is 0. The molecule has 1 nitrogen and oxygen atoms in total. The molecule has 0 atom stereocenters. The first-order valence-corrected chi connectivity index (χ1v) is 2.84. The Morgan fingerprint density at radius 2 is 2.00 bits per heavy atom. The number of nitrogens with zero attached hydrogens (tertiary/aromatic N) is 1. The quantitative estimate of drug-likeness (QED) is 0.519. The summed E-state index contributed by atoms with van der Waals surface area (Å²) in [4.78, 5) is 2.18. The molecular formula is C6H14N. The summed E-state index contributed by atoms with van der Waals surface area (Å²) in [5.74, 6) is 0. The topological polar surface area (TPSA) is 3.24 Å². The number of hydrogen-bond donors (Lipinski definition) is 0. The van der Waals surface area contributed by atoms with Crippen molar-refractivity contribution in [2.75, 3.05) is 13.6 Å². The lowest BCUT2D eigenvalue weighted by Crippen LogP contribution is -2.12. The lowest BCUT2D eigenvalue weighted by Gasteiger charge is -2.09. The molecule has 0 aliphatic carbocycles. The Labute approximate surface area is 46.3 Å². The van der Waals surface area contributed by atoms with Gasteiger partial charge in [0.2, 0.25) is 0 Å². The van der Waals surface area contributed by atoms with Crippen LogP contribution in [0.1, 0.15) is 20.3 Å². The van der Waals surface area contributed by atoms with Crippen molar-refractivity contribution in [3.05, 3.63) is 6.54 Å². The van der Waals surface area contributed by atoms with Gasteiger partial charge in [0, 0.05) is 6.54 Å². The van der Waals surface area contributed by atoms with Crippen molar-refractivity contribution in [2.45, 2.75) is 20.3 Å². The maximum absolute atomic E-state index is 2.18. The van der Waals surface area contributed by atoms with Crippen LogP contribution in [0.25, 0.3) is 0 Å². The van der Waals surface area contributed by atoms with Crippen molar-refractivity contribution in [1.29, 1.82) is 0 Å².